The second-order valence-electron chi connectivity index (χ2n) is 1.43. The Labute approximate surface area is 51.4 Å². The maximum Gasteiger partial charge on any atom is 0.0672 e. The molecule has 0 aliphatic carbocycles. The van der Waals surface area contributed by atoms with E-state index in [4.69, 9.17) is 0 Å². The van der Waals surface area contributed by atoms with Crippen molar-refractivity contribution in [3.8, 4) is 0 Å². The quantitative estimate of drug-likeness (QED) is 0.383. The van der Waals surface area contributed by atoms with Gasteiger partial charge in [-0.3, -0.25) is 0 Å². The van der Waals surface area contributed by atoms with E-state index in [0.29, 0.717) is 6.08 Å². The second kappa shape index (κ2) is 2.86. The molecule has 0 aromatic carbocycles. The standard InChI is InChI=1S/C5H6O4/c1-3(5(8)9)2-4(6)7/h2H,1H3,(H,6,7)(H,8,9)/p-2/b3-2-. The topological polar surface area (TPSA) is 80.3 Å². The van der Waals surface area contributed by atoms with Crippen LogP contribution < -0.4 is 10.2 Å². The molecule has 9 heavy (non-hydrogen) atoms. The van der Waals surface area contributed by atoms with Crippen molar-refractivity contribution in [1.82, 2.24) is 0 Å². The summed E-state index contributed by atoms with van der Waals surface area (Å²) < 4.78 is 0. The molecular formula is C5H4O4-2. The summed E-state index contributed by atoms with van der Waals surface area (Å²) in [7, 11) is 0. The molecule has 0 amide bonds. The van der Waals surface area contributed by atoms with Crippen molar-refractivity contribution >= 4 is 11.9 Å². The monoisotopic (exact) mass is 128 g/mol. The number of carboxylic acids is 2. The third kappa shape index (κ3) is 3.28. The van der Waals surface area contributed by atoms with Crippen molar-refractivity contribution in [2.75, 3.05) is 0 Å². The van der Waals surface area contributed by atoms with Crippen molar-refractivity contribution in [3.05, 3.63) is 11.6 Å². The third-order valence-electron chi connectivity index (χ3n) is 0.656. The van der Waals surface area contributed by atoms with Gasteiger partial charge >= 0.3 is 0 Å². The predicted molar refractivity (Wildman–Crippen MR) is 23.8 cm³/mol. The van der Waals surface area contributed by atoms with Crippen molar-refractivity contribution in [2.45, 2.75) is 6.92 Å². The van der Waals surface area contributed by atoms with E-state index in [0.717, 1.165) is 6.92 Å². The molecule has 0 atom stereocenters. The lowest BCUT2D eigenvalue weighted by Gasteiger charge is -2.00. The van der Waals surface area contributed by atoms with Crippen LogP contribution in [0.3, 0.4) is 0 Å². The summed E-state index contributed by atoms with van der Waals surface area (Å²) in [5.74, 6) is -3.03. The molecule has 0 unspecified atom stereocenters. The minimum atomic E-state index is -1.53. The molecule has 0 heterocycles. The van der Waals surface area contributed by atoms with Crippen molar-refractivity contribution < 1.29 is 19.8 Å². The lowest BCUT2D eigenvalue weighted by molar-refractivity contribution is -0.302. The molecule has 4 heteroatoms. The van der Waals surface area contributed by atoms with Crippen LogP contribution in [0.15, 0.2) is 11.6 Å². The average molecular weight is 128 g/mol. The summed E-state index contributed by atoms with van der Waals surface area (Å²) in [6.07, 6.45) is 0.468. The summed E-state index contributed by atoms with van der Waals surface area (Å²) in [6, 6.07) is 0. The van der Waals surface area contributed by atoms with Crippen molar-refractivity contribution in [3.63, 3.8) is 0 Å². The van der Waals surface area contributed by atoms with Crippen LogP contribution in [0.1, 0.15) is 6.92 Å². The average Bonchev–Trinajstić information content (AvgIpc) is 1.63. The lowest BCUT2D eigenvalue weighted by atomic mass is 10.3. The van der Waals surface area contributed by atoms with Gasteiger partial charge < -0.3 is 19.8 Å². The largest absolute Gasteiger partial charge is 0.545 e. The number of carbonyl (C=O) groups is 2. The summed E-state index contributed by atoms with van der Waals surface area (Å²) in [4.78, 5) is 19.4. The number of hydrogen-bond donors (Lipinski definition) is 0. The maximum absolute atomic E-state index is 9.76. The van der Waals surface area contributed by atoms with Crippen molar-refractivity contribution in [2.24, 2.45) is 0 Å². The van der Waals surface area contributed by atoms with E-state index < -0.39 is 11.9 Å². The Morgan fingerprint density at radius 1 is 1.33 bits per heavy atom. The lowest BCUT2D eigenvalue weighted by Crippen LogP contribution is -2.26. The molecule has 0 aromatic heterocycles. The van der Waals surface area contributed by atoms with Gasteiger partial charge in [-0.2, -0.15) is 0 Å². The van der Waals surface area contributed by atoms with Gasteiger partial charge in [-0.25, -0.2) is 0 Å². The maximum atomic E-state index is 9.76. The Morgan fingerprint density at radius 2 is 1.78 bits per heavy atom. The van der Waals surface area contributed by atoms with Gasteiger partial charge in [-0.15, -0.1) is 0 Å². The van der Waals surface area contributed by atoms with Gasteiger partial charge in [0.25, 0.3) is 0 Å². The van der Waals surface area contributed by atoms with Gasteiger partial charge in [0, 0.05) is 0 Å². The predicted octanol–water partition coefficient (Wildman–Crippen LogP) is -2.57. The van der Waals surface area contributed by atoms with Gasteiger partial charge in [-0.05, 0) is 18.6 Å². The highest BCUT2D eigenvalue weighted by molar-refractivity contribution is 5.92. The fourth-order valence-corrected chi connectivity index (χ4v) is 0.236. The highest BCUT2D eigenvalue weighted by Crippen LogP contribution is 1.86. The first-order valence-electron chi connectivity index (χ1n) is 2.14. The zero-order valence-corrected chi connectivity index (χ0v) is 4.71. The van der Waals surface area contributed by atoms with Crippen LogP contribution in [0.5, 0.6) is 0 Å². The number of hydrogen-bond acceptors (Lipinski definition) is 4. The zero-order valence-electron chi connectivity index (χ0n) is 4.71. The fourth-order valence-electron chi connectivity index (χ4n) is 0.236. The fraction of sp³-hybridized carbons (Fsp3) is 0.200. The van der Waals surface area contributed by atoms with Gasteiger partial charge in [0.2, 0.25) is 0 Å². The Morgan fingerprint density at radius 3 is 1.89 bits per heavy atom. The number of rotatable bonds is 2. The molecule has 0 aromatic rings. The van der Waals surface area contributed by atoms with Gasteiger partial charge in [0.15, 0.2) is 0 Å². The molecule has 0 saturated heterocycles. The summed E-state index contributed by atoms with van der Waals surface area (Å²) in [5, 5.41) is 19.4. The first-order chi connectivity index (χ1) is 4.04. The van der Waals surface area contributed by atoms with Gasteiger partial charge in [0.05, 0.1) is 11.9 Å². The van der Waals surface area contributed by atoms with E-state index in [2.05, 4.69) is 0 Å². The van der Waals surface area contributed by atoms with Gasteiger partial charge in [-0.1, -0.05) is 0 Å². The van der Waals surface area contributed by atoms with Crippen LogP contribution in [0, 0.1) is 0 Å². The van der Waals surface area contributed by atoms with Crippen molar-refractivity contribution in [1.29, 1.82) is 0 Å². The van der Waals surface area contributed by atoms with Crippen LogP contribution in [-0.4, -0.2) is 11.9 Å². The van der Waals surface area contributed by atoms with Crippen LogP contribution in [0.2, 0.25) is 0 Å². The number of carboxylic acid groups (broad SMARTS) is 2. The number of aliphatic carboxylic acids is 2. The molecule has 0 bridgehead atoms. The molecule has 0 spiro atoms. The normalized spacial score (nSPS) is 11.0. The van der Waals surface area contributed by atoms with Crippen LogP contribution in [0.4, 0.5) is 0 Å². The molecule has 0 aliphatic rings. The Hall–Kier alpha value is -1.32. The first kappa shape index (κ1) is 7.68. The summed E-state index contributed by atoms with van der Waals surface area (Å²) >= 11 is 0. The zero-order chi connectivity index (χ0) is 7.44. The van der Waals surface area contributed by atoms with E-state index in [9.17, 15) is 19.8 Å². The minimum absolute atomic E-state index is 0.352. The minimum Gasteiger partial charge on any atom is -0.545 e. The van der Waals surface area contributed by atoms with E-state index in [1.165, 1.54) is 0 Å². The number of carbonyl (C=O) groups excluding carboxylic acids is 2. The smallest absolute Gasteiger partial charge is 0.0672 e. The first-order valence-corrected chi connectivity index (χ1v) is 2.14. The van der Waals surface area contributed by atoms with Crippen LogP contribution in [-0.2, 0) is 9.59 Å². The van der Waals surface area contributed by atoms with E-state index in [-0.39, 0.29) is 5.57 Å². The molecular weight excluding hydrogens is 124 g/mol. The third-order valence-corrected chi connectivity index (χ3v) is 0.656. The molecule has 0 N–H and O–H groups in total. The van der Waals surface area contributed by atoms with Crippen LogP contribution >= 0.6 is 0 Å². The molecule has 0 radical (unpaired) electrons. The Balaban J connectivity index is 4.17. The second-order valence-corrected chi connectivity index (χ2v) is 1.43. The Kier molecular flexibility index (Phi) is 2.44. The molecule has 50 valence electrons. The highest BCUT2D eigenvalue weighted by Gasteiger charge is 1.86. The molecule has 0 rings (SSSR count). The summed E-state index contributed by atoms with van der Waals surface area (Å²) in [5.41, 5.74) is -0.352. The molecule has 0 aliphatic heterocycles. The van der Waals surface area contributed by atoms with Crippen LogP contribution in [0.25, 0.3) is 0 Å². The highest BCUT2D eigenvalue weighted by atomic mass is 16.4. The SMILES string of the molecule is C/C(=C/C(=O)[O-])C(=O)[O-]. The van der Waals surface area contributed by atoms with E-state index in [1.54, 1.807) is 0 Å². The molecule has 4 nitrogen and oxygen atoms in total. The molecule has 0 fully saturated rings. The Bertz CT molecular complexity index is 168. The molecule has 0 saturated carbocycles. The van der Waals surface area contributed by atoms with E-state index >= 15 is 0 Å². The summed E-state index contributed by atoms with van der Waals surface area (Å²) in [6.45, 7) is 1.12. The van der Waals surface area contributed by atoms with Gasteiger partial charge in [0.1, 0.15) is 0 Å². The van der Waals surface area contributed by atoms with E-state index in [1.807, 2.05) is 0 Å².